The Kier molecular flexibility index (Phi) is 4.96. The first-order chi connectivity index (χ1) is 23.8. The van der Waals surface area contributed by atoms with Crippen LogP contribution in [0.1, 0.15) is 58.9 Å². The second-order valence-corrected chi connectivity index (χ2v) is 14.9. The van der Waals surface area contributed by atoms with Crippen molar-refractivity contribution >= 4 is 42.8 Å². The second-order valence-electron chi connectivity index (χ2n) is 13.8. The zero-order valence-electron chi connectivity index (χ0n) is 26.2. The molecule has 0 amide bonds. The van der Waals surface area contributed by atoms with Gasteiger partial charge in [0.2, 0.25) is 0 Å². The van der Waals surface area contributed by atoms with E-state index in [0.717, 1.165) is 37.3 Å². The van der Waals surface area contributed by atoms with Gasteiger partial charge in [0.15, 0.2) is 0 Å². The minimum atomic E-state index is -0.280. The van der Waals surface area contributed by atoms with Crippen LogP contribution < -0.4 is 16.0 Å². The predicted octanol–water partition coefficient (Wildman–Crippen LogP) is 7.62. The third kappa shape index (κ3) is 3.00. The van der Waals surface area contributed by atoms with Gasteiger partial charge in [0.1, 0.15) is 18.5 Å². The van der Waals surface area contributed by atoms with Crippen LogP contribution in [0.3, 0.4) is 0 Å². The maximum absolute atomic E-state index is 5.09. The number of allylic oxidation sites excluding steroid dienone is 4. The molecule has 6 nitrogen and oxygen atoms in total. The fraction of sp³-hybridized carbons (Fsp3) is 0.195. The fourth-order valence-corrected chi connectivity index (χ4v) is 11.1. The molecule has 1 fully saturated rings. The summed E-state index contributed by atoms with van der Waals surface area (Å²) in [6.45, 7) is 1.83. The quantitative estimate of drug-likeness (QED) is 0.173. The number of piperazine rings is 1. The van der Waals surface area contributed by atoms with Crippen LogP contribution >= 0.6 is 11.3 Å². The van der Waals surface area contributed by atoms with E-state index in [2.05, 4.69) is 135 Å². The number of nitrogens with zero attached hydrogens (tertiary/aromatic N) is 3. The van der Waals surface area contributed by atoms with Gasteiger partial charge < -0.3 is 14.8 Å². The highest BCUT2D eigenvalue weighted by atomic mass is 32.1. The summed E-state index contributed by atoms with van der Waals surface area (Å²) in [5.41, 5.74) is 14.6. The summed E-state index contributed by atoms with van der Waals surface area (Å²) in [5, 5.41) is 14.3. The molecule has 7 heteroatoms. The van der Waals surface area contributed by atoms with Crippen molar-refractivity contribution < 1.29 is 0 Å². The highest BCUT2D eigenvalue weighted by molar-refractivity contribution is 7.25. The van der Waals surface area contributed by atoms with Gasteiger partial charge in [-0.1, -0.05) is 78.9 Å². The molecule has 3 atom stereocenters. The smallest absolute Gasteiger partial charge is 0.142 e. The molecule has 0 bridgehead atoms. The maximum atomic E-state index is 5.09. The summed E-state index contributed by atoms with van der Waals surface area (Å²) in [6, 6.07) is 31.8. The van der Waals surface area contributed by atoms with E-state index in [1.165, 1.54) is 65.0 Å². The van der Waals surface area contributed by atoms with E-state index in [9.17, 15) is 0 Å². The number of pyridine rings is 1. The molecule has 48 heavy (non-hydrogen) atoms. The van der Waals surface area contributed by atoms with Crippen molar-refractivity contribution in [1.29, 1.82) is 0 Å². The normalized spacial score (nSPS) is 23.8. The lowest BCUT2D eigenvalue weighted by Gasteiger charge is -2.49. The van der Waals surface area contributed by atoms with Crippen molar-refractivity contribution in [2.24, 2.45) is 0 Å². The molecule has 3 unspecified atom stereocenters. The summed E-state index contributed by atoms with van der Waals surface area (Å²) < 4.78 is 5.24. The third-order valence-corrected chi connectivity index (χ3v) is 12.9. The number of nitrogens with one attached hydrogen (secondary N) is 3. The van der Waals surface area contributed by atoms with Crippen molar-refractivity contribution in [1.82, 2.24) is 30.4 Å². The molecular formula is C41H32N6S. The molecule has 1 spiro atoms. The monoisotopic (exact) mass is 640 g/mol. The molecule has 3 aliphatic heterocycles. The van der Waals surface area contributed by atoms with E-state index >= 15 is 0 Å². The highest BCUT2D eigenvalue weighted by Crippen LogP contribution is 2.65. The van der Waals surface area contributed by atoms with Crippen molar-refractivity contribution in [3.05, 3.63) is 149 Å². The maximum Gasteiger partial charge on any atom is 0.142 e. The van der Waals surface area contributed by atoms with Gasteiger partial charge >= 0.3 is 0 Å². The first-order valence-corrected chi connectivity index (χ1v) is 18.0. The molecular weight excluding hydrogens is 609 g/mol. The van der Waals surface area contributed by atoms with Crippen LogP contribution in [0.5, 0.6) is 0 Å². The summed E-state index contributed by atoms with van der Waals surface area (Å²) in [5.74, 6) is 0. The van der Waals surface area contributed by atoms with Gasteiger partial charge in [0, 0.05) is 45.7 Å². The van der Waals surface area contributed by atoms with Gasteiger partial charge in [0.25, 0.3) is 0 Å². The predicted molar refractivity (Wildman–Crippen MR) is 193 cm³/mol. The number of aromatic nitrogens is 2. The van der Waals surface area contributed by atoms with Crippen LogP contribution in [0.2, 0.25) is 0 Å². The van der Waals surface area contributed by atoms with Gasteiger partial charge in [0.05, 0.1) is 28.2 Å². The second kappa shape index (κ2) is 9.14. The zero-order valence-corrected chi connectivity index (χ0v) is 27.0. The number of hydrogen-bond acceptors (Lipinski definition) is 6. The van der Waals surface area contributed by atoms with E-state index in [1.54, 1.807) is 5.57 Å². The zero-order chi connectivity index (χ0) is 31.1. The SMILES string of the molecule is C1=CC2=C(CC1)C1(c3ccccc3-c3ccccc31)c1cc3n(c12)C1NCCNC1N1C(c2cc4sc5ccccc5c4cn2)=CNC31. The number of hydrogen-bond donors (Lipinski definition) is 3. The first-order valence-electron chi connectivity index (χ1n) is 17.2. The Morgan fingerprint density at radius 3 is 2.42 bits per heavy atom. The molecule has 12 rings (SSSR count). The Balaban J connectivity index is 1.07. The lowest BCUT2D eigenvalue weighted by molar-refractivity contribution is 0.0608. The Labute approximate surface area is 282 Å². The van der Waals surface area contributed by atoms with E-state index in [1.807, 2.05) is 11.3 Å². The van der Waals surface area contributed by atoms with Crippen LogP contribution in [-0.2, 0) is 5.41 Å². The molecule has 6 heterocycles. The fourth-order valence-electron chi connectivity index (χ4n) is 10.0. The molecule has 6 aliphatic rings. The van der Waals surface area contributed by atoms with Crippen LogP contribution in [0.25, 0.3) is 42.6 Å². The molecule has 3 aromatic carbocycles. The summed E-state index contributed by atoms with van der Waals surface area (Å²) in [6.07, 6.45) is 11.4. The standard InChI is InChI=1S/C41H32N6S/c1-5-13-28-23(9-1)24-10-2-6-14-29(24)41(28)30-15-7-3-12-26(30)37-31(41)19-33-38-45-22-34(47(38)40-39(46(33)37)42-17-18-43-40)32-20-36-27(21-44-32)25-11-4-8-16-35(25)48-36/h1-6,8-14,16,19-22,38-40,42-43,45H,7,15,17-18H2. The Morgan fingerprint density at radius 2 is 1.56 bits per heavy atom. The van der Waals surface area contributed by atoms with Gasteiger partial charge in [-0.3, -0.25) is 15.6 Å². The van der Waals surface area contributed by atoms with Crippen molar-refractivity contribution in [2.75, 3.05) is 13.1 Å². The molecule has 3 aliphatic carbocycles. The Bertz CT molecular complexity index is 2450. The first kappa shape index (κ1) is 26.1. The van der Waals surface area contributed by atoms with Crippen LogP contribution in [0.15, 0.2) is 115 Å². The molecule has 1 saturated heterocycles. The molecule has 232 valence electrons. The Hall–Kier alpha value is -4.95. The number of rotatable bonds is 1. The molecule has 6 aromatic rings. The van der Waals surface area contributed by atoms with E-state index in [-0.39, 0.29) is 23.9 Å². The number of fused-ring (bicyclic) bond motifs is 19. The number of benzene rings is 3. The molecule has 0 radical (unpaired) electrons. The van der Waals surface area contributed by atoms with Crippen LogP contribution in [0, 0.1) is 0 Å². The van der Waals surface area contributed by atoms with Gasteiger partial charge in [-0.25, -0.2) is 0 Å². The van der Waals surface area contributed by atoms with Crippen molar-refractivity contribution in [3.63, 3.8) is 0 Å². The van der Waals surface area contributed by atoms with E-state index in [4.69, 9.17) is 4.98 Å². The average molecular weight is 641 g/mol. The largest absolute Gasteiger partial charge is 0.364 e. The molecule has 3 N–H and O–H groups in total. The lowest BCUT2D eigenvalue weighted by Crippen LogP contribution is -2.63. The Morgan fingerprint density at radius 1 is 0.792 bits per heavy atom. The van der Waals surface area contributed by atoms with Crippen LogP contribution in [-0.4, -0.2) is 33.7 Å². The van der Waals surface area contributed by atoms with Gasteiger partial charge in [-0.05, 0) is 70.0 Å². The van der Waals surface area contributed by atoms with Crippen molar-refractivity contribution in [2.45, 2.75) is 36.8 Å². The van der Waals surface area contributed by atoms with Gasteiger partial charge in [-0.15, -0.1) is 11.3 Å². The minimum absolute atomic E-state index is 0.0142. The van der Waals surface area contributed by atoms with E-state index < -0.39 is 0 Å². The highest BCUT2D eigenvalue weighted by Gasteiger charge is 2.57. The summed E-state index contributed by atoms with van der Waals surface area (Å²) >= 11 is 1.85. The summed E-state index contributed by atoms with van der Waals surface area (Å²) in [4.78, 5) is 7.65. The summed E-state index contributed by atoms with van der Waals surface area (Å²) in [7, 11) is 0. The number of thiophene rings is 1. The van der Waals surface area contributed by atoms with Gasteiger partial charge in [-0.2, -0.15) is 0 Å². The van der Waals surface area contributed by atoms with Crippen LogP contribution in [0.4, 0.5) is 0 Å². The van der Waals surface area contributed by atoms with Crippen molar-refractivity contribution in [3.8, 4) is 11.1 Å². The molecule has 3 aromatic heterocycles. The lowest BCUT2D eigenvalue weighted by atomic mass is 9.68. The minimum Gasteiger partial charge on any atom is -0.364 e. The topological polar surface area (TPSA) is 57.2 Å². The third-order valence-electron chi connectivity index (χ3n) is 11.8. The van der Waals surface area contributed by atoms with E-state index in [0.29, 0.717) is 0 Å². The average Bonchev–Trinajstić information content (AvgIpc) is 3.95. The molecule has 0 saturated carbocycles.